The average molecular weight is 617 g/mol. The van der Waals surface area contributed by atoms with Gasteiger partial charge in [0.25, 0.3) is 11.5 Å². The molecule has 3 aliphatic rings. The van der Waals surface area contributed by atoms with E-state index in [9.17, 15) is 14.7 Å². The lowest BCUT2D eigenvalue weighted by atomic mass is 9.86. The number of hydrogen-bond donors (Lipinski definition) is 3. The van der Waals surface area contributed by atoms with Crippen molar-refractivity contribution in [3.8, 4) is 0 Å². The summed E-state index contributed by atoms with van der Waals surface area (Å²) in [6, 6.07) is 7.25. The number of anilines is 1. The molecule has 244 valence electrons. The van der Waals surface area contributed by atoms with E-state index < -0.39 is 0 Å². The Labute approximate surface area is 268 Å². The molecule has 45 heavy (non-hydrogen) atoms. The predicted molar refractivity (Wildman–Crippen MR) is 183 cm³/mol. The Hall–Kier alpha value is -3.27. The molecule has 1 saturated carbocycles. The van der Waals surface area contributed by atoms with Crippen LogP contribution in [0.1, 0.15) is 84.3 Å². The van der Waals surface area contributed by atoms with Gasteiger partial charge in [0, 0.05) is 79.2 Å². The van der Waals surface area contributed by atoms with Crippen LogP contribution in [0.5, 0.6) is 0 Å². The summed E-state index contributed by atoms with van der Waals surface area (Å²) in [4.78, 5) is 41.4. The zero-order chi connectivity index (χ0) is 32.4. The van der Waals surface area contributed by atoms with Gasteiger partial charge in [0.15, 0.2) is 0 Å². The highest BCUT2D eigenvalue weighted by Crippen LogP contribution is 2.37. The normalized spacial score (nSPS) is 22.6. The quantitative estimate of drug-likeness (QED) is 0.365. The number of aliphatic hydroxyl groups excluding tert-OH is 1. The summed E-state index contributed by atoms with van der Waals surface area (Å²) in [5.74, 6) is 0.0944. The number of nitrogens with zero attached hydrogens (tertiary/aromatic N) is 4. The van der Waals surface area contributed by atoms with Crippen molar-refractivity contribution in [1.82, 2.24) is 20.1 Å². The number of amides is 1. The molecule has 9 heteroatoms. The second-order valence-corrected chi connectivity index (χ2v) is 13.7. The zero-order valence-corrected chi connectivity index (χ0v) is 28.2. The lowest BCUT2D eigenvalue weighted by Gasteiger charge is -2.40. The van der Waals surface area contributed by atoms with Gasteiger partial charge in [-0.15, -0.1) is 0 Å². The Kier molecular flexibility index (Phi) is 10.3. The second kappa shape index (κ2) is 14.0. The molecule has 0 radical (unpaired) electrons. The highest BCUT2D eigenvalue weighted by Gasteiger charge is 2.30. The molecule has 5 rings (SSSR count). The van der Waals surface area contributed by atoms with E-state index in [0.29, 0.717) is 36.3 Å². The van der Waals surface area contributed by atoms with Crippen molar-refractivity contribution < 1.29 is 9.90 Å². The summed E-state index contributed by atoms with van der Waals surface area (Å²) < 4.78 is 0. The van der Waals surface area contributed by atoms with E-state index in [1.165, 1.54) is 12.8 Å². The molecule has 2 aromatic rings. The molecule has 1 atom stereocenters. The van der Waals surface area contributed by atoms with Gasteiger partial charge in [-0.1, -0.05) is 6.92 Å². The minimum absolute atomic E-state index is 0.160. The third-order valence-electron chi connectivity index (χ3n) is 10.2. The van der Waals surface area contributed by atoms with Crippen LogP contribution in [0.4, 0.5) is 5.69 Å². The third kappa shape index (κ3) is 7.42. The first-order valence-electron chi connectivity index (χ1n) is 16.7. The van der Waals surface area contributed by atoms with E-state index >= 15 is 0 Å². The Balaban J connectivity index is 1.47. The van der Waals surface area contributed by atoms with Crippen LogP contribution < -0.4 is 15.8 Å². The number of likely N-dealkylation sites (tertiary alicyclic amines) is 1. The van der Waals surface area contributed by atoms with Gasteiger partial charge in [-0.2, -0.15) is 0 Å². The molecule has 2 aliphatic heterocycles. The van der Waals surface area contributed by atoms with Gasteiger partial charge in [-0.05, 0) is 120 Å². The number of aliphatic imine (C=N–C) groups is 1. The monoisotopic (exact) mass is 616 g/mol. The van der Waals surface area contributed by atoms with Crippen LogP contribution in [0.2, 0.25) is 0 Å². The maximum atomic E-state index is 13.9. The first-order chi connectivity index (χ1) is 21.4. The molecule has 1 aromatic carbocycles. The Morgan fingerprint density at radius 2 is 1.78 bits per heavy atom. The summed E-state index contributed by atoms with van der Waals surface area (Å²) in [6.07, 6.45) is 7.18. The van der Waals surface area contributed by atoms with Crippen molar-refractivity contribution in [2.45, 2.75) is 91.5 Å². The van der Waals surface area contributed by atoms with E-state index in [-0.39, 0.29) is 30.0 Å². The fourth-order valence-electron chi connectivity index (χ4n) is 7.37. The molecule has 0 bridgehead atoms. The highest BCUT2D eigenvalue weighted by atomic mass is 16.3. The first-order valence-corrected chi connectivity index (χ1v) is 16.7. The van der Waals surface area contributed by atoms with Crippen LogP contribution in [-0.2, 0) is 6.54 Å². The molecule has 2 fully saturated rings. The molecule has 1 saturated heterocycles. The van der Waals surface area contributed by atoms with Crippen molar-refractivity contribution >= 4 is 22.9 Å². The van der Waals surface area contributed by atoms with Gasteiger partial charge in [0.1, 0.15) is 0 Å². The summed E-state index contributed by atoms with van der Waals surface area (Å²) in [7, 11) is 4.35. The number of β-amino-alcohol motifs (C(OH)–C–C–N with tert-alkyl or cyclic N) is 1. The van der Waals surface area contributed by atoms with E-state index in [1.807, 2.05) is 32.2 Å². The van der Waals surface area contributed by atoms with Gasteiger partial charge in [0.05, 0.1) is 6.10 Å². The molecule has 1 aliphatic carbocycles. The van der Waals surface area contributed by atoms with Crippen molar-refractivity contribution in [3.63, 3.8) is 0 Å². The van der Waals surface area contributed by atoms with Gasteiger partial charge in [0.2, 0.25) is 0 Å². The van der Waals surface area contributed by atoms with Crippen LogP contribution in [0.25, 0.3) is 5.57 Å². The summed E-state index contributed by atoms with van der Waals surface area (Å²) >= 11 is 0. The molecule has 1 unspecified atom stereocenters. The summed E-state index contributed by atoms with van der Waals surface area (Å²) in [5, 5.41) is 12.8. The first kappa shape index (κ1) is 33.1. The van der Waals surface area contributed by atoms with Crippen LogP contribution in [0.3, 0.4) is 0 Å². The van der Waals surface area contributed by atoms with Crippen molar-refractivity contribution in [2.75, 3.05) is 45.2 Å². The lowest BCUT2D eigenvalue weighted by molar-refractivity contribution is 0.0119. The van der Waals surface area contributed by atoms with E-state index in [0.717, 1.165) is 71.7 Å². The van der Waals surface area contributed by atoms with E-state index in [1.54, 1.807) is 0 Å². The SMILES string of the molecule is CCN(c1cc(C2=CN=C(CN3CC(O)C3)C(C)C2)cc(C(=O)NCc2c(C)cc(C)[nH]c2=O)c1C)C1CCC(N(C)C)CC1. The zero-order valence-electron chi connectivity index (χ0n) is 28.2. The largest absolute Gasteiger partial charge is 0.390 e. The van der Waals surface area contributed by atoms with Gasteiger partial charge < -0.3 is 25.2 Å². The molecule has 1 amide bonds. The van der Waals surface area contributed by atoms with Crippen molar-refractivity contribution in [1.29, 1.82) is 0 Å². The van der Waals surface area contributed by atoms with E-state index in [2.05, 4.69) is 65.9 Å². The number of H-pyrrole nitrogens is 1. The Morgan fingerprint density at radius 1 is 1.09 bits per heavy atom. The number of carbonyl (C=O) groups is 1. The average Bonchev–Trinajstić information content (AvgIpc) is 2.98. The smallest absolute Gasteiger partial charge is 0.253 e. The summed E-state index contributed by atoms with van der Waals surface area (Å²) in [6.45, 7) is 13.5. The number of pyridine rings is 1. The lowest BCUT2D eigenvalue weighted by Crippen LogP contribution is -2.53. The van der Waals surface area contributed by atoms with Gasteiger partial charge >= 0.3 is 0 Å². The van der Waals surface area contributed by atoms with Crippen LogP contribution >= 0.6 is 0 Å². The van der Waals surface area contributed by atoms with Crippen LogP contribution in [-0.4, -0.2) is 90.0 Å². The third-order valence-corrected chi connectivity index (χ3v) is 10.2. The molecular weight excluding hydrogens is 564 g/mol. The molecular formula is C36H52N6O3. The van der Waals surface area contributed by atoms with Crippen molar-refractivity contribution in [3.05, 3.63) is 68.3 Å². The van der Waals surface area contributed by atoms with E-state index in [4.69, 9.17) is 4.99 Å². The molecule has 0 spiro atoms. The number of aromatic amines is 1. The molecule has 1 aromatic heterocycles. The second-order valence-electron chi connectivity index (χ2n) is 13.7. The number of carbonyl (C=O) groups excluding carboxylic acids is 1. The Bertz CT molecular complexity index is 1510. The number of nitrogens with one attached hydrogen (secondary N) is 2. The van der Waals surface area contributed by atoms with Crippen molar-refractivity contribution in [2.24, 2.45) is 10.9 Å². The minimum Gasteiger partial charge on any atom is -0.390 e. The number of rotatable bonds is 10. The van der Waals surface area contributed by atoms with Gasteiger partial charge in [-0.25, -0.2) is 0 Å². The number of aryl methyl sites for hydroxylation is 2. The number of aromatic nitrogens is 1. The number of benzene rings is 1. The topological polar surface area (TPSA) is 104 Å². The Morgan fingerprint density at radius 3 is 2.38 bits per heavy atom. The number of hydrogen-bond acceptors (Lipinski definition) is 7. The molecule has 3 N–H and O–H groups in total. The maximum absolute atomic E-state index is 13.9. The fourth-order valence-corrected chi connectivity index (χ4v) is 7.37. The van der Waals surface area contributed by atoms with Crippen LogP contribution in [0, 0.1) is 26.7 Å². The standard InChI is InChI=1S/C36H52N6O3/c1-8-42(29-11-9-28(10-12-29)40(6)7)34-16-26(27-14-23(3)33(37-17-27)21-41-19-30(43)20-41)15-31(25(34)5)35(44)38-18-32-22(2)13-24(4)39-36(32)45/h13,15-17,23,28-30,43H,8-12,14,18-21H2,1-7H3,(H,38,44)(H,39,45). The van der Waals surface area contributed by atoms with Gasteiger partial charge in [-0.3, -0.25) is 19.5 Å². The minimum atomic E-state index is -0.223. The number of allylic oxidation sites excluding steroid dienone is 1. The fraction of sp³-hybridized carbons (Fsp3) is 0.583. The molecule has 9 nitrogen and oxygen atoms in total. The highest BCUT2D eigenvalue weighted by molar-refractivity contribution is 5.99. The predicted octanol–water partition coefficient (Wildman–Crippen LogP) is 4.43. The van der Waals surface area contributed by atoms with Crippen LogP contribution in [0.15, 0.2) is 34.2 Å². The number of aliphatic hydroxyl groups is 1. The molecule has 3 heterocycles. The summed E-state index contributed by atoms with van der Waals surface area (Å²) in [5.41, 5.74) is 8.11. The maximum Gasteiger partial charge on any atom is 0.253 e.